The Morgan fingerprint density at radius 2 is 1.83 bits per heavy atom. The Kier molecular flexibility index (Phi) is 8.89. The molecule has 1 atom stereocenters. The largest absolute Gasteiger partial charge is 0.463 e. The van der Waals surface area contributed by atoms with Crippen molar-refractivity contribution in [2.45, 2.75) is 49.8 Å². The number of hydrogen-bond acceptors (Lipinski definition) is 14. The predicted molar refractivity (Wildman–Crippen MR) is 190 cm³/mol. The third-order valence-corrected chi connectivity index (χ3v) is 13.1. The summed E-state index contributed by atoms with van der Waals surface area (Å²) in [7, 11) is 2.18. The predicted octanol–water partition coefficient (Wildman–Crippen LogP) is 3.79. The SMILES string of the molecule is CCN(c1nc(OCC2(CN3CCN(C)CC3)CC2)nc(CN2CC3(C2)SCc2sc(N)c(C#N)c23)c1C#N)[C@H](C)c1cccnc1N. The molecule has 1 saturated carbocycles. The number of nitrogen functional groups attached to an aromatic ring is 2. The van der Waals surface area contributed by atoms with Gasteiger partial charge in [-0.05, 0) is 39.8 Å². The summed E-state index contributed by atoms with van der Waals surface area (Å²) in [4.78, 5) is 24.7. The molecule has 1 spiro atoms. The number of nitrogens with two attached hydrogens (primary N) is 2. The van der Waals surface area contributed by atoms with Crippen molar-refractivity contribution in [1.29, 1.82) is 10.5 Å². The van der Waals surface area contributed by atoms with Crippen LogP contribution in [0.25, 0.3) is 0 Å². The van der Waals surface area contributed by atoms with Crippen LogP contribution in [0.1, 0.15) is 65.6 Å². The number of thioether (sulfide) groups is 1. The first-order chi connectivity index (χ1) is 23.2. The van der Waals surface area contributed by atoms with E-state index in [1.165, 1.54) is 16.2 Å². The molecule has 48 heavy (non-hydrogen) atoms. The van der Waals surface area contributed by atoms with E-state index in [-0.39, 0.29) is 16.2 Å². The topological polar surface area (TPSA) is 160 Å². The van der Waals surface area contributed by atoms with Crippen LogP contribution >= 0.6 is 23.1 Å². The Bertz CT molecular complexity index is 1760. The van der Waals surface area contributed by atoms with Gasteiger partial charge in [0.25, 0.3) is 0 Å². The van der Waals surface area contributed by atoms with Gasteiger partial charge in [-0.2, -0.15) is 20.5 Å². The van der Waals surface area contributed by atoms with E-state index in [1.807, 2.05) is 23.9 Å². The highest BCUT2D eigenvalue weighted by Gasteiger charge is 2.52. The molecule has 0 amide bonds. The lowest BCUT2D eigenvalue weighted by Gasteiger charge is -2.48. The van der Waals surface area contributed by atoms with Crippen molar-refractivity contribution in [3.63, 3.8) is 0 Å². The van der Waals surface area contributed by atoms with Gasteiger partial charge >= 0.3 is 6.01 Å². The second-order valence-corrected chi connectivity index (χ2v) is 16.2. The van der Waals surface area contributed by atoms with Gasteiger partial charge in [-0.3, -0.25) is 4.90 Å². The molecule has 12 nitrogen and oxygen atoms in total. The van der Waals surface area contributed by atoms with Crippen LogP contribution in [0.15, 0.2) is 18.3 Å². The molecule has 3 aliphatic heterocycles. The first kappa shape index (κ1) is 32.9. The highest BCUT2D eigenvalue weighted by molar-refractivity contribution is 8.00. The Labute approximate surface area is 290 Å². The molecule has 7 rings (SSSR count). The number of piperazine rings is 1. The maximum absolute atomic E-state index is 10.6. The van der Waals surface area contributed by atoms with E-state index in [9.17, 15) is 10.5 Å². The van der Waals surface area contributed by atoms with Crippen LogP contribution in [-0.4, -0.2) is 95.7 Å². The van der Waals surface area contributed by atoms with Crippen LogP contribution in [0, 0.1) is 28.1 Å². The summed E-state index contributed by atoms with van der Waals surface area (Å²) >= 11 is 3.42. The molecule has 2 saturated heterocycles. The van der Waals surface area contributed by atoms with Crippen molar-refractivity contribution in [3.8, 4) is 18.1 Å². The number of aromatic nitrogens is 3. The summed E-state index contributed by atoms with van der Waals surface area (Å²) in [5.74, 6) is 1.87. The summed E-state index contributed by atoms with van der Waals surface area (Å²) in [6.45, 7) is 12.6. The molecule has 0 radical (unpaired) electrons. The van der Waals surface area contributed by atoms with Crippen LogP contribution in [0.5, 0.6) is 6.01 Å². The van der Waals surface area contributed by atoms with Crippen LogP contribution < -0.4 is 21.1 Å². The Hall–Kier alpha value is -3.66. The lowest BCUT2D eigenvalue weighted by molar-refractivity contribution is 0.106. The van der Waals surface area contributed by atoms with Crippen molar-refractivity contribution < 1.29 is 4.74 Å². The summed E-state index contributed by atoms with van der Waals surface area (Å²) in [6, 6.07) is 8.77. The van der Waals surface area contributed by atoms with E-state index in [4.69, 9.17) is 26.2 Å². The van der Waals surface area contributed by atoms with E-state index in [1.54, 1.807) is 6.20 Å². The van der Waals surface area contributed by atoms with Gasteiger partial charge in [0.05, 0.1) is 28.7 Å². The molecule has 3 fully saturated rings. The van der Waals surface area contributed by atoms with E-state index < -0.39 is 0 Å². The average molecular weight is 686 g/mol. The molecule has 0 bridgehead atoms. The third-order valence-electron chi connectivity index (χ3n) is 10.5. The van der Waals surface area contributed by atoms with Crippen LogP contribution in [-0.2, 0) is 17.0 Å². The number of rotatable bonds is 11. The Morgan fingerprint density at radius 1 is 1.08 bits per heavy atom. The average Bonchev–Trinajstić information content (AvgIpc) is 3.62. The van der Waals surface area contributed by atoms with Crippen LogP contribution in [0.2, 0.25) is 0 Å². The molecule has 14 heteroatoms. The molecule has 3 aromatic heterocycles. The highest BCUT2D eigenvalue weighted by atomic mass is 32.2. The van der Waals surface area contributed by atoms with Crippen LogP contribution in [0.3, 0.4) is 0 Å². The molecule has 252 valence electrons. The fraction of sp³-hybridized carbons (Fsp3) is 0.559. The number of likely N-dealkylation sites (tertiary alicyclic amines) is 1. The minimum absolute atomic E-state index is 0.109. The van der Waals surface area contributed by atoms with Crippen molar-refractivity contribution in [2.75, 3.05) is 82.4 Å². The van der Waals surface area contributed by atoms with Gasteiger partial charge in [0.15, 0.2) is 5.82 Å². The van der Waals surface area contributed by atoms with Gasteiger partial charge in [-0.25, -0.2) is 4.98 Å². The Morgan fingerprint density at radius 3 is 2.50 bits per heavy atom. The number of ether oxygens (including phenoxy) is 1. The first-order valence-electron chi connectivity index (χ1n) is 16.7. The number of thiophene rings is 1. The normalized spacial score (nSPS) is 20.4. The van der Waals surface area contributed by atoms with Gasteiger partial charge in [0.2, 0.25) is 0 Å². The van der Waals surface area contributed by atoms with E-state index in [0.717, 1.165) is 75.5 Å². The van der Waals surface area contributed by atoms with Crippen LogP contribution in [0.4, 0.5) is 16.6 Å². The number of nitriles is 2. The molecule has 4 aliphatic rings. The molecule has 0 unspecified atom stereocenters. The minimum atomic E-state index is -0.188. The fourth-order valence-electron chi connectivity index (χ4n) is 7.47. The fourth-order valence-corrected chi connectivity index (χ4v) is 10.3. The van der Waals surface area contributed by atoms with E-state index in [2.05, 4.69) is 57.6 Å². The van der Waals surface area contributed by atoms with Crippen molar-refractivity contribution in [3.05, 3.63) is 51.2 Å². The summed E-state index contributed by atoms with van der Waals surface area (Å²) < 4.78 is 6.33. The number of anilines is 3. The maximum Gasteiger partial charge on any atom is 0.318 e. The zero-order valence-electron chi connectivity index (χ0n) is 27.9. The van der Waals surface area contributed by atoms with Gasteiger partial charge in [0.1, 0.15) is 28.5 Å². The summed E-state index contributed by atoms with van der Waals surface area (Å²) in [5, 5.41) is 21.1. The standard InChI is InChI=1S/C34H43N11OS2/c1-4-45(22(2)23-6-5-9-39-29(23)37)31-24(14-35)26(16-44-19-34(20-44)28-25(15-36)30(38)48-27(28)17-47-34)40-32(41-31)46-21-33(7-8-33)18-43-12-10-42(3)11-13-43/h5-6,9,22H,4,7-8,10-13,16-21,38H2,1-3H3,(H2,37,39)/t22-/m1/s1. The molecule has 0 aromatic carbocycles. The Balaban J connectivity index is 1.16. The van der Waals surface area contributed by atoms with Crippen molar-refractivity contribution in [1.82, 2.24) is 29.7 Å². The lowest BCUT2D eigenvalue weighted by Crippen LogP contribution is -2.56. The molecule has 3 aromatic rings. The molecular weight excluding hydrogens is 643 g/mol. The van der Waals surface area contributed by atoms with Crippen molar-refractivity contribution in [2.24, 2.45) is 5.41 Å². The molecular formula is C34H43N11OS2. The molecule has 1 aliphatic carbocycles. The molecule has 6 heterocycles. The van der Waals surface area contributed by atoms with Gasteiger partial charge in [-0.15, -0.1) is 23.1 Å². The highest BCUT2D eigenvalue weighted by Crippen LogP contribution is 2.57. The number of hydrogen-bond donors (Lipinski definition) is 2. The quantitative estimate of drug-likeness (QED) is 0.300. The number of fused-ring (bicyclic) bond motifs is 2. The third kappa shape index (κ3) is 6.05. The zero-order valence-corrected chi connectivity index (χ0v) is 29.5. The maximum atomic E-state index is 10.6. The summed E-state index contributed by atoms with van der Waals surface area (Å²) in [6.07, 6.45) is 3.94. The van der Waals surface area contributed by atoms with Gasteiger partial charge < -0.3 is 30.9 Å². The van der Waals surface area contributed by atoms with Crippen molar-refractivity contribution >= 4 is 39.7 Å². The number of pyridine rings is 1. The summed E-state index contributed by atoms with van der Waals surface area (Å²) in [5.41, 5.74) is 16.3. The number of likely N-dealkylation sites (N-methyl/N-ethyl adjacent to an activating group) is 1. The second kappa shape index (κ2) is 13.0. The van der Waals surface area contributed by atoms with Gasteiger partial charge in [-0.1, -0.05) is 6.07 Å². The second-order valence-electron chi connectivity index (χ2n) is 13.8. The monoisotopic (exact) mass is 685 g/mol. The number of nitrogens with zero attached hydrogens (tertiary/aromatic N) is 9. The first-order valence-corrected chi connectivity index (χ1v) is 18.5. The molecule has 4 N–H and O–H groups in total. The van der Waals surface area contributed by atoms with E-state index >= 15 is 0 Å². The van der Waals surface area contributed by atoms with Gasteiger partial charge in [0, 0.05) is 92.3 Å². The smallest absolute Gasteiger partial charge is 0.318 e. The lowest BCUT2D eigenvalue weighted by atomic mass is 9.88. The zero-order chi connectivity index (χ0) is 33.6. The van der Waals surface area contributed by atoms with E-state index in [0.29, 0.717) is 59.2 Å². The minimum Gasteiger partial charge on any atom is -0.463 e.